The van der Waals surface area contributed by atoms with Crippen molar-refractivity contribution in [2.24, 2.45) is 5.73 Å². The van der Waals surface area contributed by atoms with Gasteiger partial charge in [0.1, 0.15) is 6.04 Å². The zero-order valence-corrected chi connectivity index (χ0v) is 9.65. The van der Waals surface area contributed by atoms with E-state index in [4.69, 9.17) is 10.8 Å². The third kappa shape index (κ3) is 2.89. The van der Waals surface area contributed by atoms with Gasteiger partial charge in [0.25, 0.3) is 0 Å². The lowest BCUT2D eigenvalue weighted by atomic mass is 10.1. The van der Waals surface area contributed by atoms with E-state index in [1.54, 1.807) is 12.4 Å². The van der Waals surface area contributed by atoms with Crippen molar-refractivity contribution < 1.29 is 9.90 Å². The van der Waals surface area contributed by atoms with Crippen LogP contribution in [0, 0.1) is 0 Å². The van der Waals surface area contributed by atoms with Crippen LogP contribution in [0.2, 0.25) is 0 Å². The number of carboxylic acids is 1. The van der Waals surface area contributed by atoms with E-state index in [0.717, 1.165) is 17.0 Å². The lowest BCUT2D eigenvalue weighted by Crippen LogP contribution is -2.32. The maximum Gasteiger partial charge on any atom is 0.320 e. The van der Waals surface area contributed by atoms with Crippen molar-refractivity contribution in [1.82, 2.24) is 9.97 Å². The van der Waals surface area contributed by atoms with Crippen LogP contribution in [0.3, 0.4) is 0 Å². The summed E-state index contributed by atoms with van der Waals surface area (Å²) in [5, 5.41) is 8.72. The third-order valence-corrected chi connectivity index (χ3v) is 2.52. The van der Waals surface area contributed by atoms with Crippen LogP contribution in [0.5, 0.6) is 0 Å². The maximum absolute atomic E-state index is 10.6. The van der Waals surface area contributed by atoms with E-state index in [1.165, 1.54) is 0 Å². The Morgan fingerprint density at radius 1 is 1.22 bits per heavy atom. The first kappa shape index (κ1) is 12.2. The predicted molar refractivity (Wildman–Crippen MR) is 66.8 cm³/mol. The minimum Gasteiger partial charge on any atom is -0.480 e. The van der Waals surface area contributed by atoms with Crippen LogP contribution in [0.25, 0.3) is 11.4 Å². The SMILES string of the molecule is N[C@H](Cc1ccc(-c2ccccn2)nc1)C(=O)O. The van der Waals surface area contributed by atoms with E-state index in [0.29, 0.717) is 0 Å². The first-order valence-electron chi connectivity index (χ1n) is 5.51. The number of hydrogen-bond donors (Lipinski definition) is 2. The van der Waals surface area contributed by atoms with Crippen molar-refractivity contribution in [3.63, 3.8) is 0 Å². The molecule has 0 fully saturated rings. The second-order valence-electron chi connectivity index (χ2n) is 3.92. The fourth-order valence-electron chi connectivity index (χ4n) is 1.55. The molecule has 0 amide bonds. The van der Waals surface area contributed by atoms with E-state index >= 15 is 0 Å². The van der Waals surface area contributed by atoms with Gasteiger partial charge in [0.2, 0.25) is 0 Å². The fraction of sp³-hybridized carbons (Fsp3) is 0.154. The molecule has 2 heterocycles. The summed E-state index contributed by atoms with van der Waals surface area (Å²) in [6.45, 7) is 0. The summed E-state index contributed by atoms with van der Waals surface area (Å²) >= 11 is 0. The molecule has 0 saturated heterocycles. The number of carbonyl (C=O) groups is 1. The monoisotopic (exact) mass is 243 g/mol. The molecule has 2 rings (SSSR count). The Labute approximate surface area is 104 Å². The van der Waals surface area contributed by atoms with Gasteiger partial charge in [-0.2, -0.15) is 0 Å². The summed E-state index contributed by atoms with van der Waals surface area (Å²) in [7, 11) is 0. The second kappa shape index (κ2) is 5.37. The van der Waals surface area contributed by atoms with Gasteiger partial charge in [0, 0.05) is 12.4 Å². The first-order valence-corrected chi connectivity index (χ1v) is 5.51. The quantitative estimate of drug-likeness (QED) is 0.839. The molecule has 5 heteroatoms. The number of nitrogens with two attached hydrogens (primary N) is 1. The molecule has 0 saturated carbocycles. The van der Waals surface area contributed by atoms with Crippen molar-refractivity contribution in [1.29, 1.82) is 0 Å². The summed E-state index contributed by atoms with van der Waals surface area (Å²) < 4.78 is 0. The summed E-state index contributed by atoms with van der Waals surface area (Å²) in [6.07, 6.45) is 3.60. The van der Waals surface area contributed by atoms with E-state index in [9.17, 15) is 4.79 Å². The summed E-state index contributed by atoms with van der Waals surface area (Å²) in [4.78, 5) is 19.1. The minimum atomic E-state index is -1.01. The Hall–Kier alpha value is -2.27. The van der Waals surface area contributed by atoms with Crippen LogP contribution >= 0.6 is 0 Å². The predicted octanol–water partition coefficient (Wildman–Crippen LogP) is 1.10. The van der Waals surface area contributed by atoms with Crippen molar-refractivity contribution in [2.45, 2.75) is 12.5 Å². The molecule has 0 spiro atoms. The van der Waals surface area contributed by atoms with Crippen LogP contribution in [-0.4, -0.2) is 27.1 Å². The molecule has 2 aromatic rings. The Morgan fingerprint density at radius 2 is 2.00 bits per heavy atom. The summed E-state index contributed by atoms with van der Waals surface area (Å²) in [6, 6.07) is 8.33. The molecule has 1 atom stereocenters. The Morgan fingerprint density at radius 3 is 2.56 bits per heavy atom. The number of aliphatic carboxylic acids is 1. The van der Waals surface area contributed by atoms with Gasteiger partial charge in [-0.05, 0) is 30.2 Å². The molecule has 0 unspecified atom stereocenters. The highest BCUT2D eigenvalue weighted by Gasteiger charge is 2.12. The number of pyridine rings is 2. The Kier molecular flexibility index (Phi) is 3.64. The molecule has 92 valence electrons. The Bertz CT molecular complexity index is 526. The van der Waals surface area contributed by atoms with Crippen molar-refractivity contribution in [3.8, 4) is 11.4 Å². The van der Waals surface area contributed by atoms with Gasteiger partial charge in [0.15, 0.2) is 0 Å². The van der Waals surface area contributed by atoms with E-state index in [2.05, 4.69) is 9.97 Å². The number of carboxylic acid groups (broad SMARTS) is 1. The Balaban J connectivity index is 2.13. The standard InChI is InChI=1S/C13H13N3O2/c14-10(13(17)18)7-9-4-5-12(16-8-9)11-3-1-2-6-15-11/h1-6,8,10H,7,14H2,(H,17,18)/t10-/m1/s1. The first-order chi connectivity index (χ1) is 8.66. The van der Waals surface area contributed by atoms with Gasteiger partial charge >= 0.3 is 5.97 Å². The largest absolute Gasteiger partial charge is 0.480 e. The van der Waals surface area contributed by atoms with Crippen LogP contribution in [-0.2, 0) is 11.2 Å². The molecule has 0 aliphatic rings. The fourth-order valence-corrected chi connectivity index (χ4v) is 1.55. The number of aromatic nitrogens is 2. The summed E-state index contributed by atoms with van der Waals surface area (Å²) in [5.41, 5.74) is 7.79. The summed E-state index contributed by atoms with van der Waals surface area (Å²) in [5.74, 6) is -1.01. The van der Waals surface area contributed by atoms with Gasteiger partial charge in [-0.3, -0.25) is 14.8 Å². The minimum absolute atomic E-state index is 0.269. The van der Waals surface area contributed by atoms with Gasteiger partial charge in [-0.15, -0.1) is 0 Å². The highest BCUT2D eigenvalue weighted by Crippen LogP contribution is 2.13. The molecule has 0 bridgehead atoms. The molecule has 5 nitrogen and oxygen atoms in total. The normalized spacial score (nSPS) is 12.1. The molecule has 0 aliphatic heterocycles. The van der Waals surface area contributed by atoms with Crippen molar-refractivity contribution in [3.05, 3.63) is 48.3 Å². The topological polar surface area (TPSA) is 89.1 Å². The zero-order chi connectivity index (χ0) is 13.0. The van der Waals surface area contributed by atoms with E-state index in [1.807, 2.05) is 30.3 Å². The third-order valence-electron chi connectivity index (χ3n) is 2.52. The van der Waals surface area contributed by atoms with E-state index in [-0.39, 0.29) is 6.42 Å². The number of nitrogens with zero attached hydrogens (tertiary/aromatic N) is 2. The van der Waals surface area contributed by atoms with Gasteiger partial charge in [-0.25, -0.2) is 0 Å². The number of hydrogen-bond acceptors (Lipinski definition) is 4. The van der Waals surface area contributed by atoms with Crippen LogP contribution in [0.15, 0.2) is 42.7 Å². The van der Waals surface area contributed by atoms with Gasteiger partial charge in [0.05, 0.1) is 11.4 Å². The van der Waals surface area contributed by atoms with Crippen LogP contribution < -0.4 is 5.73 Å². The van der Waals surface area contributed by atoms with Crippen molar-refractivity contribution in [2.75, 3.05) is 0 Å². The average Bonchev–Trinajstić information content (AvgIpc) is 2.40. The molecular weight excluding hydrogens is 230 g/mol. The van der Waals surface area contributed by atoms with Gasteiger partial charge < -0.3 is 10.8 Å². The molecule has 0 radical (unpaired) electrons. The zero-order valence-electron chi connectivity index (χ0n) is 9.65. The average molecular weight is 243 g/mol. The highest BCUT2D eigenvalue weighted by atomic mass is 16.4. The van der Waals surface area contributed by atoms with Gasteiger partial charge in [-0.1, -0.05) is 12.1 Å². The molecule has 18 heavy (non-hydrogen) atoms. The molecular formula is C13H13N3O2. The molecule has 0 aromatic carbocycles. The maximum atomic E-state index is 10.6. The van der Waals surface area contributed by atoms with E-state index < -0.39 is 12.0 Å². The number of rotatable bonds is 4. The molecule has 0 aliphatic carbocycles. The molecule has 3 N–H and O–H groups in total. The lowest BCUT2D eigenvalue weighted by molar-refractivity contribution is -0.138. The smallest absolute Gasteiger partial charge is 0.320 e. The molecule has 2 aromatic heterocycles. The van der Waals surface area contributed by atoms with Crippen molar-refractivity contribution >= 4 is 5.97 Å². The van der Waals surface area contributed by atoms with Crippen LogP contribution in [0.4, 0.5) is 0 Å². The highest BCUT2D eigenvalue weighted by molar-refractivity contribution is 5.73. The lowest BCUT2D eigenvalue weighted by Gasteiger charge is -2.06. The van der Waals surface area contributed by atoms with Crippen LogP contribution in [0.1, 0.15) is 5.56 Å². The second-order valence-corrected chi connectivity index (χ2v) is 3.92.